The van der Waals surface area contributed by atoms with Gasteiger partial charge < -0.3 is 20.0 Å². The van der Waals surface area contributed by atoms with Crippen LogP contribution in [0.2, 0.25) is 0 Å². The third-order valence-electron chi connectivity index (χ3n) is 8.51. The molecule has 2 aromatic rings. The van der Waals surface area contributed by atoms with E-state index < -0.39 is 11.7 Å². The van der Waals surface area contributed by atoms with E-state index in [0.29, 0.717) is 37.0 Å². The first-order valence-corrected chi connectivity index (χ1v) is 14.1. The first-order valence-electron chi connectivity index (χ1n) is 14.1. The van der Waals surface area contributed by atoms with Crippen LogP contribution in [-0.4, -0.2) is 72.5 Å². The zero-order valence-electron chi connectivity index (χ0n) is 23.2. The number of hydrogen-bond donors (Lipinski definition) is 1. The second-order valence-corrected chi connectivity index (χ2v) is 12.5. The number of likely N-dealkylation sites (tertiary alicyclic amines) is 2. The molecule has 1 aromatic carbocycles. The molecule has 0 spiro atoms. The average molecular weight is 544 g/mol. The van der Waals surface area contributed by atoms with Crippen molar-refractivity contribution in [1.82, 2.24) is 14.8 Å². The van der Waals surface area contributed by atoms with Crippen LogP contribution in [0, 0.1) is 11.8 Å². The molecule has 1 aromatic heterocycles. The van der Waals surface area contributed by atoms with Crippen LogP contribution < -0.4 is 10.2 Å². The molecule has 4 heterocycles. The maximum atomic E-state index is 13.0. The molecule has 3 saturated heterocycles. The van der Waals surface area contributed by atoms with Gasteiger partial charge in [0.15, 0.2) is 0 Å². The van der Waals surface area contributed by atoms with Crippen LogP contribution in [0.15, 0.2) is 42.7 Å². The van der Waals surface area contributed by atoms with Gasteiger partial charge in [-0.3, -0.25) is 9.78 Å². The van der Waals surface area contributed by atoms with Crippen LogP contribution in [0.25, 0.3) is 0 Å². The number of fused-ring (bicyclic) bond motifs is 1. The zero-order valence-corrected chi connectivity index (χ0v) is 23.2. The Morgan fingerprint density at radius 2 is 1.67 bits per heavy atom. The Bertz CT molecular complexity index is 1130. The highest BCUT2D eigenvalue weighted by Crippen LogP contribution is 2.35. The van der Waals surface area contributed by atoms with E-state index in [1.165, 1.54) is 17.4 Å². The Kier molecular flexibility index (Phi) is 7.82. The van der Waals surface area contributed by atoms with E-state index in [-0.39, 0.29) is 17.4 Å². The summed E-state index contributed by atoms with van der Waals surface area (Å²) in [4.78, 5) is 23.6. The van der Waals surface area contributed by atoms with Crippen LogP contribution in [-0.2, 0) is 16.4 Å². The number of halogens is 3. The third kappa shape index (κ3) is 6.68. The van der Waals surface area contributed by atoms with E-state index in [0.717, 1.165) is 57.8 Å². The van der Waals surface area contributed by atoms with Crippen LogP contribution >= 0.6 is 0 Å². The minimum absolute atomic E-state index is 0.0809. The fraction of sp³-hybridized carbons (Fsp3) is 0.600. The maximum absolute atomic E-state index is 13.0. The number of benzene rings is 1. The van der Waals surface area contributed by atoms with Crippen molar-refractivity contribution < 1.29 is 18.0 Å². The minimum Gasteiger partial charge on any atom is -0.379 e. The van der Waals surface area contributed by atoms with Gasteiger partial charge in [0.2, 0.25) is 5.91 Å². The molecule has 3 aliphatic rings. The largest absolute Gasteiger partial charge is 0.417 e. The Morgan fingerprint density at radius 1 is 0.974 bits per heavy atom. The number of carbonyl (C=O) groups is 1. The van der Waals surface area contributed by atoms with Crippen LogP contribution in [0.3, 0.4) is 0 Å². The third-order valence-corrected chi connectivity index (χ3v) is 8.51. The van der Waals surface area contributed by atoms with Gasteiger partial charge in [-0.05, 0) is 53.9 Å². The highest BCUT2D eigenvalue weighted by Gasteiger charge is 2.40. The van der Waals surface area contributed by atoms with E-state index in [9.17, 15) is 18.0 Å². The lowest BCUT2D eigenvalue weighted by Crippen LogP contribution is -2.46. The molecule has 1 amide bonds. The monoisotopic (exact) mass is 543 g/mol. The number of carbonyl (C=O) groups excluding carboxylic acids is 1. The maximum Gasteiger partial charge on any atom is 0.417 e. The van der Waals surface area contributed by atoms with Gasteiger partial charge in [-0.25, -0.2) is 0 Å². The number of rotatable bonds is 6. The summed E-state index contributed by atoms with van der Waals surface area (Å²) in [5.41, 5.74) is 2.38. The Morgan fingerprint density at radius 3 is 2.31 bits per heavy atom. The predicted molar refractivity (Wildman–Crippen MR) is 148 cm³/mol. The van der Waals surface area contributed by atoms with Gasteiger partial charge in [0.05, 0.1) is 11.3 Å². The zero-order chi connectivity index (χ0) is 27.8. The van der Waals surface area contributed by atoms with Gasteiger partial charge in [-0.1, -0.05) is 32.9 Å². The number of alkyl halides is 3. The number of pyridine rings is 1. The van der Waals surface area contributed by atoms with Crippen LogP contribution in [0.4, 0.5) is 24.5 Å². The van der Waals surface area contributed by atoms with Crippen molar-refractivity contribution in [2.24, 2.45) is 11.8 Å². The first kappa shape index (κ1) is 27.7. The van der Waals surface area contributed by atoms with Gasteiger partial charge in [0.1, 0.15) is 0 Å². The number of amides is 1. The van der Waals surface area contributed by atoms with Crippen molar-refractivity contribution >= 4 is 17.3 Å². The van der Waals surface area contributed by atoms with Crippen molar-refractivity contribution in [1.29, 1.82) is 0 Å². The van der Waals surface area contributed by atoms with Crippen molar-refractivity contribution in [3.05, 3.63) is 53.9 Å². The Hall–Kier alpha value is -2.81. The number of aromatic nitrogens is 1. The van der Waals surface area contributed by atoms with Crippen molar-refractivity contribution in [2.75, 3.05) is 56.0 Å². The summed E-state index contributed by atoms with van der Waals surface area (Å²) >= 11 is 0. The topological polar surface area (TPSA) is 51.7 Å². The van der Waals surface area contributed by atoms with E-state index >= 15 is 0 Å². The second-order valence-electron chi connectivity index (χ2n) is 12.5. The number of nitrogens with one attached hydrogen (secondary N) is 1. The molecule has 1 N–H and O–H groups in total. The normalized spacial score (nSPS) is 24.2. The van der Waals surface area contributed by atoms with Gasteiger partial charge in [-0.2, -0.15) is 13.2 Å². The first-order chi connectivity index (χ1) is 18.5. The molecule has 3 fully saturated rings. The summed E-state index contributed by atoms with van der Waals surface area (Å²) in [5.74, 6) is 1.39. The van der Waals surface area contributed by atoms with E-state index in [2.05, 4.69) is 65.1 Å². The summed E-state index contributed by atoms with van der Waals surface area (Å²) in [6.07, 6.45) is -0.0713. The molecule has 9 heteroatoms. The lowest BCUT2D eigenvalue weighted by molar-refractivity contribution is -0.137. The highest BCUT2D eigenvalue weighted by molar-refractivity contribution is 5.76. The summed E-state index contributed by atoms with van der Waals surface area (Å²) < 4.78 is 39.1. The molecule has 3 atom stereocenters. The molecular formula is C30H40F3N5O. The standard InChI is InChI=1S/C30H40F3N5O/c1-29(2,3)23-6-8-27(9-7-23)38-18-21-16-36(17-22(21)19-38)12-10-28(39)37-11-4-5-25(20-37)35-26-13-24(14-34-15-26)30(31,32)33/h6-9,13-15,21-22,25,35H,4-5,10-12,16-20H2,1-3H3/t21?,22?,25-/m0/s1. The summed E-state index contributed by atoms with van der Waals surface area (Å²) in [7, 11) is 0. The molecule has 39 heavy (non-hydrogen) atoms. The molecular weight excluding hydrogens is 503 g/mol. The molecule has 0 radical (unpaired) electrons. The fourth-order valence-corrected chi connectivity index (χ4v) is 6.30. The number of hydrogen-bond acceptors (Lipinski definition) is 5. The van der Waals surface area contributed by atoms with Gasteiger partial charge >= 0.3 is 6.18 Å². The SMILES string of the molecule is CC(C)(C)c1ccc(N2CC3CN(CCC(=O)N4CCC[C@H](Nc5cncc(C(F)(F)F)c5)C4)CC3C2)cc1. The van der Waals surface area contributed by atoms with Gasteiger partial charge in [0, 0.05) is 76.4 Å². The summed E-state index contributed by atoms with van der Waals surface area (Å²) in [6.45, 7) is 12.9. The number of piperidine rings is 1. The van der Waals surface area contributed by atoms with E-state index in [1.54, 1.807) is 0 Å². The van der Waals surface area contributed by atoms with Gasteiger partial charge in [-0.15, -0.1) is 0 Å². The van der Waals surface area contributed by atoms with Crippen molar-refractivity contribution in [3.63, 3.8) is 0 Å². The highest BCUT2D eigenvalue weighted by atomic mass is 19.4. The minimum atomic E-state index is -4.43. The Balaban J connectivity index is 1.07. The second kappa shape index (κ2) is 11.0. The summed E-state index contributed by atoms with van der Waals surface area (Å²) in [6, 6.07) is 10.0. The lowest BCUT2D eigenvalue weighted by Gasteiger charge is -2.34. The molecule has 6 nitrogen and oxygen atoms in total. The molecule has 0 aliphatic carbocycles. The molecule has 0 bridgehead atoms. The van der Waals surface area contributed by atoms with Gasteiger partial charge in [0.25, 0.3) is 0 Å². The smallest absolute Gasteiger partial charge is 0.379 e. The van der Waals surface area contributed by atoms with Crippen molar-refractivity contribution in [2.45, 2.75) is 57.7 Å². The summed E-state index contributed by atoms with van der Waals surface area (Å²) in [5, 5.41) is 3.16. The molecule has 3 aliphatic heterocycles. The quantitative estimate of drug-likeness (QED) is 0.539. The molecule has 5 rings (SSSR count). The predicted octanol–water partition coefficient (Wildman–Crippen LogP) is 5.26. The Labute approximate surface area is 229 Å². The van der Waals surface area contributed by atoms with Crippen molar-refractivity contribution in [3.8, 4) is 0 Å². The van der Waals surface area contributed by atoms with Crippen LogP contribution in [0.5, 0.6) is 0 Å². The van der Waals surface area contributed by atoms with E-state index in [4.69, 9.17) is 0 Å². The molecule has 2 unspecified atom stereocenters. The number of nitrogens with zero attached hydrogens (tertiary/aromatic N) is 4. The van der Waals surface area contributed by atoms with E-state index in [1.807, 2.05) is 4.90 Å². The average Bonchev–Trinajstić information content (AvgIpc) is 3.46. The molecule has 212 valence electrons. The van der Waals surface area contributed by atoms with Crippen LogP contribution in [0.1, 0.15) is 51.2 Å². The fourth-order valence-electron chi connectivity index (χ4n) is 6.30. The lowest BCUT2D eigenvalue weighted by atomic mass is 9.87. The molecule has 0 saturated carbocycles. The number of anilines is 2.